The van der Waals surface area contributed by atoms with Crippen molar-refractivity contribution in [3.8, 4) is 17.4 Å². The molecule has 0 unspecified atom stereocenters. The van der Waals surface area contributed by atoms with E-state index < -0.39 is 23.3 Å². The largest absolute Gasteiger partial charge is 0.478 e. The Morgan fingerprint density at radius 2 is 1.85 bits per heavy atom. The normalized spacial score (nSPS) is 11.3. The van der Waals surface area contributed by atoms with E-state index in [1.54, 1.807) is 30.3 Å². The molecule has 11 heteroatoms. The molecule has 0 atom stereocenters. The SMILES string of the molecule is CC(C)(Oc1ccc(CNC(=O)c2cccnc2Oc2ccc3nsnc3c2)c(F)c1)C(=O)O. The maximum Gasteiger partial charge on any atom is 0.347 e. The highest BCUT2D eigenvalue weighted by Crippen LogP contribution is 2.26. The zero-order valence-corrected chi connectivity index (χ0v) is 18.9. The summed E-state index contributed by atoms with van der Waals surface area (Å²) in [5, 5.41) is 11.8. The zero-order valence-electron chi connectivity index (χ0n) is 18.1. The van der Waals surface area contributed by atoms with Crippen LogP contribution in [0.1, 0.15) is 29.8 Å². The summed E-state index contributed by atoms with van der Waals surface area (Å²) in [5.74, 6) is -1.74. The van der Waals surface area contributed by atoms with Crippen molar-refractivity contribution in [2.24, 2.45) is 0 Å². The van der Waals surface area contributed by atoms with Gasteiger partial charge in [-0.15, -0.1) is 0 Å². The number of carbonyl (C=O) groups excluding carboxylic acids is 1. The summed E-state index contributed by atoms with van der Waals surface area (Å²) >= 11 is 1.09. The molecule has 9 nitrogen and oxygen atoms in total. The Bertz CT molecular complexity index is 1370. The molecule has 0 fully saturated rings. The fourth-order valence-electron chi connectivity index (χ4n) is 2.93. The highest BCUT2D eigenvalue weighted by atomic mass is 32.1. The number of rotatable bonds is 8. The fraction of sp³-hybridized carbons (Fsp3) is 0.174. The molecular weight excluding hydrogens is 463 g/mol. The van der Waals surface area contributed by atoms with Crippen molar-refractivity contribution in [3.63, 3.8) is 0 Å². The van der Waals surface area contributed by atoms with Crippen LogP contribution in [0.25, 0.3) is 11.0 Å². The van der Waals surface area contributed by atoms with E-state index in [0.717, 1.165) is 23.3 Å². The predicted octanol–water partition coefficient (Wildman–Crippen LogP) is 4.19. The molecule has 4 aromatic rings. The molecule has 0 bridgehead atoms. The lowest BCUT2D eigenvalue weighted by Gasteiger charge is -2.21. The van der Waals surface area contributed by atoms with Gasteiger partial charge in [-0.2, -0.15) is 8.75 Å². The number of fused-ring (bicyclic) bond motifs is 1. The van der Waals surface area contributed by atoms with Crippen molar-refractivity contribution in [3.05, 3.63) is 71.7 Å². The molecule has 2 heterocycles. The molecule has 1 amide bonds. The number of benzene rings is 2. The van der Waals surface area contributed by atoms with E-state index in [0.29, 0.717) is 11.3 Å². The van der Waals surface area contributed by atoms with Crippen LogP contribution >= 0.6 is 11.7 Å². The number of pyridine rings is 1. The highest BCUT2D eigenvalue weighted by molar-refractivity contribution is 7.00. The van der Waals surface area contributed by atoms with Crippen LogP contribution in [0.3, 0.4) is 0 Å². The maximum absolute atomic E-state index is 14.5. The van der Waals surface area contributed by atoms with E-state index in [4.69, 9.17) is 14.6 Å². The summed E-state index contributed by atoms with van der Waals surface area (Å²) in [6.07, 6.45) is 1.49. The Labute approximate surface area is 197 Å². The van der Waals surface area contributed by atoms with Crippen molar-refractivity contribution in [2.45, 2.75) is 26.0 Å². The average molecular weight is 482 g/mol. The van der Waals surface area contributed by atoms with Crippen LogP contribution < -0.4 is 14.8 Å². The molecule has 0 aliphatic carbocycles. The average Bonchev–Trinajstić information content (AvgIpc) is 3.26. The second kappa shape index (κ2) is 9.40. The molecule has 0 aliphatic rings. The Morgan fingerprint density at radius 3 is 2.62 bits per heavy atom. The number of aromatic nitrogens is 3. The first-order valence-electron chi connectivity index (χ1n) is 10.1. The van der Waals surface area contributed by atoms with Gasteiger partial charge in [0.05, 0.1) is 11.7 Å². The van der Waals surface area contributed by atoms with Crippen LogP contribution in [0.2, 0.25) is 0 Å². The maximum atomic E-state index is 14.5. The first-order valence-corrected chi connectivity index (χ1v) is 10.8. The van der Waals surface area contributed by atoms with Crippen LogP contribution in [0.15, 0.2) is 54.7 Å². The number of hydrogen-bond acceptors (Lipinski definition) is 8. The lowest BCUT2D eigenvalue weighted by molar-refractivity contribution is -0.152. The van der Waals surface area contributed by atoms with Crippen LogP contribution in [-0.2, 0) is 11.3 Å². The lowest BCUT2D eigenvalue weighted by atomic mass is 10.1. The minimum absolute atomic E-state index is 0.0650. The van der Waals surface area contributed by atoms with Crippen molar-refractivity contribution < 1.29 is 28.6 Å². The fourth-order valence-corrected chi connectivity index (χ4v) is 3.44. The number of hydrogen-bond donors (Lipinski definition) is 2. The summed E-state index contributed by atoms with van der Waals surface area (Å²) in [5.41, 5.74) is 0.254. The van der Waals surface area contributed by atoms with Gasteiger partial charge in [-0.1, -0.05) is 6.07 Å². The Kier molecular flexibility index (Phi) is 6.37. The van der Waals surface area contributed by atoms with Gasteiger partial charge >= 0.3 is 5.97 Å². The van der Waals surface area contributed by atoms with E-state index in [1.165, 1.54) is 32.2 Å². The predicted molar refractivity (Wildman–Crippen MR) is 122 cm³/mol. The zero-order chi connectivity index (χ0) is 24.3. The topological polar surface area (TPSA) is 124 Å². The van der Waals surface area contributed by atoms with E-state index >= 15 is 0 Å². The first-order chi connectivity index (χ1) is 16.2. The smallest absolute Gasteiger partial charge is 0.347 e. The van der Waals surface area contributed by atoms with Crippen molar-refractivity contribution >= 4 is 34.6 Å². The standard InChI is InChI=1S/C23H19FN4O5S/c1-23(2,22(30)31)33-15-6-5-13(17(24)10-15)12-26-20(29)16-4-3-9-25-21(16)32-14-7-8-18-19(11-14)28-34-27-18/h3-11H,12H2,1-2H3,(H,26,29)(H,30,31). The summed E-state index contributed by atoms with van der Waals surface area (Å²) in [6.45, 7) is 2.61. The Morgan fingerprint density at radius 1 is 1.09 bits per heavy atom. The molecule has 2 aromatic carbocycles. The number of carboxylic acid groups (broad SMARTS) is 1. The molecule has 0 spiro atoms. The lowest BCUT2D eigenvalue weighted by Crippen LogP contribution is -2.37. The number of carboxylic acids is 1. The minimum atomic E-state index is -1.51. The van der Waals surface area contributed by atoms with Crippen molar-refractivity contribution in [2.75, 3.05) is 0 Å². The molecule has 2 N–H and O–H groups in total. The summed E-state index contributed by atoms with van der Waals surface area (Å²) in [6, 6.07) is 12.2. The number of nitrogens with zero attached hydrogens (tertiary/aromatic N) is 3. The number of ether oxygens (including phenoxy) is 2. The van der Waals surface area contributed by atoms with Crippen molar-refractivity contribution in [1.29, 1.82) is 0 Å². The third-order valence-electron chi connectivity index (χ3n) is 4.81. The van der Waals surface area contributed by atoms with E-state index in [2.05, 4.69) is 19.0 Å². The van der Waals surface area contributed by atoms with Crippen LogP contribution in [-0.4, -0.2) is 36.3 Å². The van der Waals surface area contributed by atoms with Crippen molar-refractivity contribution in [1.82, 2.24) is 19.0 Å². The van der Waals surface area contributed by atoms with Gasteiger partial charge in [0.1, 0.15) is 33.9 Å². The molecule has 174 valence electrons. The molecule has 0 radical (unpaired) electrons. The number of amides is 1. The van der Waals surface area contributed by atoms with Crippen LogP contribution in [0, 0.1) is 5.82 Å². The van der Waals surface area contributed by atoms with Gasteiger partial charge in [-0.25, -0.2) is 14.2 Å². The van der Waals surface area contributed by atoms with E-state index in [9.17, 15) is 14.0 Å². The molecule has 4 rings (SSSR count). The van der Waals surface area contributed by atoms with Gasteiger partial charge < -0.3 is 19.9 Å². The highest BCUT2D eigenvalue weighted by Gasteiger charge is 2.29. The van der Waals surface area contributed by atoms with Gasteiger partial charge in [-0.3, -0.25) is 4.79 Å². The van der Waals surface area contributed by atoms with Gasteiger partial charge in [0.25, 0.3) is 5.91 Å². The van der Waals surface area contributed by atoms with Gasteiger partial charge in [0.15, 0.2) is 5.60 Å². The molecule has 0 saturated heterocycles. The second-order valence-corrected chi connectivity index (χ2v) is 8.25. The number of carbonyl (C=O) groups is 2. The molecule has 2 aromatic heterocycles. The Hall–Kier alpha value is -4.12. The Balaban J connectivity index is 1.45. The van der Waals surface area contributed by atoms with Gasteiger partial charge in [-0.05, 0) is 44.2 Å². The second-order valence-electron chi connectivity index (χ2n) is 7.73. The molecule has 0 saturated carbocycles. The van der Waals surface area contributed by atoms with E-state index in [1.807, 2.05) is 0 Å². The quantitative estimate of drug-likeness (QED) is 0.383. The first kappa shape index (κ1) is 23.1. The molecule has 34 heavy (non-hydrogen) atoms. The minimum Gasteiger partial charge on any atom is -0.478 e. The monoisotopic (exact) mass is 482 g/mol. The molecular formula is C23H19FN4O5S. The number of aliphatic carboxylic acids is 1. The third-order valence-corrected chi connectivity index (χ3v) is 5.36. The third kappa shape index (κ3) is 5.09. The summed E-state index contributed by atoms with van der Waals surface area (Å²) in [4.78, 5) is 28.1. The summed E-state index contributed by atoms with van der Waals surface area (Å²) < 4.78 is 33.9. The summed E-state index contributed by atoms with van der Waals surface area (Å²) in [7, 11) is 0. The number of halogens is 1. The number of nitrogens with one attached hydrogen (secondary N) is 1. The van der Waals surface area contributed by atoms with Crippen LogP contribution in [0.4, 0.5) is 4.39 Å². The van der Waals surface area contributed by atoms with Crippen LogP contribution in [0.5, 0.6) is 17.4 Å². The van der Waals surface area contributed by atoms with Gasteiger partial charge in [0, 0.05) is 30.4 Å². The van der Waals surface area contributed by atoms with E-state index in [-0.39, 0.29) is 29.3 Å². The van der Waals surface area contributed by atoms with Gasteiger partial charge in [0.2, 0.25) is 5.88 Å². The molecule has 0 aliphatic heterocycles.